The lowest BCUT2D eigenvalue weighted by molar-refractivity contribution is -0.155. The van der Waals surface area contributed by atoms with Crippen LogP contribution >= 0.6 is 23.1 Å². The van der Waals surface area contributed by atoms with Crippen LogP contribution in [-0.2, 0) is 35.1 Å². The van der Waals surface area contributed by atoms with Gasteiger partial charge in [-0.15, -0.1) is 23.1 Å². The van der Waals surface area contributed by atoms with E-state index in [0.29, 0.717) is 11.1 Å². The first-order chi connectivity index (χ1) is 18.9. The molecule has 2 aliphatic heterocycles. The molecule has 3 heterocycles. The summed E-state index contributed by atoms with van der Waals surface area (Å²) in [5.41, 5.74) is 7.29. The van der Waals surface area contributed by atoms with Gasteiger partial charge in [0.25, 0.3) is 5.91 Å². The maximum atomic E-state index is 13.8. The van der Waals surface area contributed by atoms with Crippen molar-refractivity contribution < 1.29 is 28.7 Å². The van der Waals surface area contributed by atoms with Crippen LogP contribution in [0, 0.1) is 0 Å². The number of nitrogens with zero attached hydrogens (tertiary/aromatic N) is 1. The van der Waals surface area contributed by atoms with Gasteiger partial charge < -0.3 is 20.5 Å². The van der Waals surface area contributed by atoms with Crippen LogP contribution in [0.15, 0.2) is 89.4 Å². The second-order valence-corrected chi connectivity index (χ2v) is 11.1. The third kappa shape index (κ3) is 5.33. The molecule has 1 aromatic heterocycles. The van der Waals surface area contributed by atoms with Gasteiger partial charge in [-0.2, -0.15) is 0 Å². The summed E-state index contributed by atoms with van der Waals surface area (Å²) in [7, 11) is 1.17. The summed E-state index contributed by atoms with van der Waals surface area (Å²) < 4.78 is 10.9. The van der Waals surface area contributed by atoms with Crippen molar-refractivity contribution in [3.63, 3.8) is 0 Å². The van der Waals surface area contributed by atoms with E-state index < -0.39 is 40.7 Å². The second-order valence-electron chi connectivity index (χ2n) is 8.82. The fourth-order valence-electron chi connectivity index (χ4n) is 4.53. The smallest absolute Gasteiger partial charge is 0.356 e. The van der Waals surface area contributed by atoms with Gasteiger partial charge in [-0.25, -0.2) is 9.59 Å². The van der Waals surface area contributed by atoms with Gasteiger partial charge in [-0.05, 0) is 22.6 Å². The van der Waals surface area contributed by atoms with Crippen molar-refractivity contribution in [2.24, 2.45) is 5.73 Å². The Kier molecular flexibility index (Phi) is 7.82. The van der Waals surface area contributed by atoms with Crippen LogP contribution in [0.4, 0.5) is 0 Å². The molecule has 1 fully saturated rings. The molecule has 0 spiro atoms. The van der Waals surface area contributed by atoms with Crippen molar-refractivity contribution in [1.82, 2.24) is 10.2 Å². The molecule has 1 saturated heterocycles. The normalized spacial score (nSPS) is 20.2. The molecule has 2 amide bonds. The van der Waals surface area contributed by atoms with Crippen molar-refractivity contribution in [3.05, 3.63) is 105 Å². The summed E-state index contributed by atoms with van der Waals surface area (Å²) in [5, 5.41) is 2.93. The number of esters is 2. The van der Waals surface area contributed by atoms with Gasteiger partial charge in [0.15, 0.2) is 6.10 Å². The zero-order valence-electron chi connectivity index (χ0n) is 20.8. The number of hydrogen-bond acceptors (Lipinski definition) is 9. The number of thioether (sulfide) groups is 1. The second kappa shape index (κ2) is 11.4. The van der Waals surface area contributed by atoms with Gasteiger partial charge >= 0.3 is 11.9 Å². The zero-order valence-corrected chi connectivity index (χ0v) is 22.4. The predicted molar refractivity (Wildman–Crippen MR) is 146 cm³/mol. The Bertz CT molecular complexity index is 1370. The predicted octanol–water partition coefficient (Wildman–Crippen LogP) is 2.74. The highest BCUT2D eigenvalue weighted by atomic mass is 32.2. The highest BCUT2D eigenvalue weighted by Crippen LogP contribution is 2.44. The Labute approximate surface area is 233 Å². The van der Waals surface area contributed by atoms with E-state index in [9.17, 15) is 19.2 Å². The number of ether oxygens (including phenoxy) is 2. The van der Waals surface area contributed by atoms with Crippen molar-refractivity contribution in [2.75, 3.05) is 7.11 Å². The lowest BCUT2D eigenvalue weighted by atomic mass is 10.00. The molecule has 0 radical (unpaired) electrons. The van der Waals surface area contributed by atoms with Crippen LogP contribution < -0.4 is 11.1 Å². The number of benzene rings is 2. The van der Waals surface area contributed by atoms with Crippen LogP contribution in [0.3, 0.4) is 0 Å². The first kappa shape index (κ1) is 26.7. The molecule has 0 bridgehead atoms. The number of rotatable bonds is 8. The Morgan fingerprint density at radius 3 is 2.18 bits per heavy atom. The number of hydrogen-bond donors (Lipinski definition) is 2. The molecule has 11 heteroatoms. The molecular weight excluding hydrogens is 538 g/mol. The molecule has 3 N–H and O–H groups in total. The van der Waals surface area contributed by atoms with E-state index in [-0.39, 0.29) is 23.6 Å². The number of fused-ring (bicyclic) bond motifs is 1. The Hall–Kier alpha value is -3.93. The van der Waals surface area contributed by atoms with Gasteiger partial charge in [0.05, 0.1) is 24.5 Å². The van der Waals surface area contributed by atoms with E-state index in [1.807, 2.05) is 78.2 Å². The maximum Gasteiger partial charge on any atom is 0.356 e. The average Bonchev–Trinajstić information content (AvgIpc) is 3.47. The minimum atomic E-state index is -0.988. The standard InChI is InChI=1S/C28H25N3O6S2/c1-36-27(34)20-22(28(35)37-23(16-9-4-2-5-10-16)17-11-6-3-7-12-17)31-25(33)21(26(31)39-24(20)29)30-19(32)15-18-13-8-14-38-18/h2-14,21,23-24,26H,15,29H2,1H3,(H,30,32)/t21?,24?,26-/m1/s1. The number of nitrogens with one attached hydrogen (secondary N) is 1. The van der Waals surface area contributed by atoms with E-state index in [1.54, 1.807) is 0 Å². The summed E-state index contributed by atoms with van der Waals surface area (Å²) in [6, 6.07) is 21.0. The summed E-state index contributed by atoms with van der Waals surface area (Å²) in [5.74, 6) is -2.60. The van der Waals surface area contributed by atoms with E-state index in [1.165, 1.54) is 23.3 Å². The van der Waals surface area contributed by atoms with Gasteiger partial charge in [0.2, 0.25) is 5.91 Å². The van der Waals surface area contributed by atoms with Crippen LogP contribution in [0.25, 0.3) is 0 Å². The van der Waals surface area contributed by atoms with E-state index in [2.05, 4.69) is 5.32 Å². The quantitative estimate of drug-likeness (QED) is 0.316. The Balaban J connectivity index is 1.44. The monoisotopic (exact) mass is 563 g/mol. The molecule has 2 aliphatic rings. The van der Waals surface area contributed by atoms with Crippen molar-refractivity contribution in [2.45, 2.75) is 29.3 Å². The van der Waals surface area contributed by atoms with E-state index in [4.69, 9.17) is 15.2 Å². The molecule has 5 rings (SSSR count). The highest BCUT2D eigenvalue weighted by molar-refractivity contribution is 8.00. The molecule has 3 atom stereocenters. The SMILES string of the molecule is COC(=O)C1=C(C(=O)OC(c2ccccc2)c2ccccc2)N2C(=O)C(NC(=O)Cc3cccs3)[C@H]2SC1N. The summed E-state index contributed by atoms with van der Waals surface area (Å²) >= 11 is 2.53. The lowest BCUT2D eigenvalue weighted by Gasteiger charge is -2.50. The number of nitrogens with two attached hydrogens (primary N) is 1. The van der Waals surface area contributed by atoms with Crippen molar-refractivity contribution in [1.29, 1.82) is 0 Å². The Morgan fingerprint density at radius 2 is 1.62 bits per heavy atom. The van der Waals surface area contributed by atoms with Gasteiger partial charge in [0.1, 0.15) is 17.1 Å². The molecule has 3 aromatic rings. The maximum absolute atomic E-state index is 13.8. The molecular formula is C28H25N3O6S2. The van der Waals surface area contributed by atoms with Gasteiger partial charge in [0, 0.05) is 4.88 Å². The number of thiophene rings is 1. The van der Waals surface area contributed by atoms with Crippen LogP contribution in [-0.4, -0.2) is 52.6 Å². The zero-order chi connectivity index (χ0) is 27.5. The molecule has 0 aliphatic carbocycles. The molecule has 2 unspecified atom stereocenters. The third-order valence-corrected chi connectivity index (χ3v) is 8.54. The molecule has 9 nitrogen and oxygen atoms in total. The average molecular weight is 564 g/mol. The number of carbonyl (C=O) groups is 4. The first-order valence-electron chi connectivity index (χ1n) is 12.1. The minimum Gasteiger partial charge on any atom is -0.466 e. The number of β-lactam (4-membered cyclic amide) rings is 1. The summed E-state index contributed by atoms with van der Waals surface area (Å²) in [6.07, 6.45) is -0.688. The lowest BCUT2D eigenvalue weighted by Crippen LogP contribution is -2.72. The largest absolute Gasteiger partial charge is 0.466 e. The topological polar surface area (TPSA) is 128 Å². The van der Waals surface area contributed by atoms with Crippen LogP contribution in [0.2, 0.25) is 0 Å². The summed E-state index contributed by atoms with van der Waals surface area (Å²) in [6.45, 7) is 0. The van der Waals surface area contributed by atoms with Crippen LogP contribution in [0.5, 0.6) is 0 Å². The van der Waals surface area contributed by atoms with Crippen LogP contribution in [0.1, 0.15) is 22.1 Å². The van der Waals surface area contributed by atoms with Crippen molar-refractivity contribution >= 4 is 46.9 Å². The Morgan fingerprint density at radius 1 is 0.974 bits per heavy atom. The highest BCUT2D eigenvalue weighted by Gasteiger charge is 2.57. The molecule has 0 saturated carbocycles. The fourth-order valence-corrected chi connectivity index (χ4v) is 6.55. The fraction of sp³-hybridized carbons (Fsp3) is 0.214. The molecule has 39 heavy (non-hydrogen) atoms. The molecule has 200 valence electrons. The first-order valence-corrected chi connectivity index (χ1v) is 13.9. The van der Waals surface area contributed by atoms with Crippen molar-refractivity contribution in [3.8, 4) is 0 Å². The minimum absolute atomic E-state index is 0.124. The number of carbonyl (C=O) groups excluding carboxylic acids is 4. The van der Waals surface area contributed by atoms with E-state index in [0.717, 1.165) is 16.6 Å². The summed E-state index contributed by atoms with van der Waals surface area (Å²) in [4.78, 5) is 54.5. The third-order valence-electron chi connectivity index (χ3n) is 6.37. The molecule has 2 aromatic carbocycles. The number of methoxy groups -OCH3 is 1. The van der Waals surface area contributed by atoms with Gasteiger partial charge in [-0.3, -0.25) is 14.5 Å². The van der Waals surface area contributed by atoms with E-state index >= 15 is 0 Å². The number of amides is 2. The van der Waals surface area contributed by atoms with Gasteiger partial charge in [-0.1, -0.05) is 66.7 Å².